The van der Waals surface area contributed by atoms with E-state index in [-0.39, 0.29) is 0 Å². The highest BCUT2D eigenvalue weighted by Crippen LogP contribution is 2.12. The van der Waals surface area contributed by atoms with Gasteiger partial charge in [0.25, 0.3) is 0 Å². The summed E-state index contributed by atoms with van der Waals surface area (Å²) in [6, 6.07) is 9.97. The highest BCUT2D eigenvalue weighted by Gasteiger charge is 2.08. The summed E-state index contributed by atoms with van der Waals surface area (Å²) in [5, 5.41) is 1.91. The van der Waals surface area contributed by atoms with Gasteiger partial charge in [0.1, 0.15) is 6.67 Å². The van der Waals surface area contributed by atoms with E-state index in [4.69, 9.17) is 11.8 Å². The Morgan fingerprint density at radius 1 is 1.15 bits per heavy atom. The van der Waals surface area contributed by atoms with Gasteiger partial charge in [-0.25, -0.2) is 0 Å². The van der Waals surface area contributed by atoms with Gasteiger partial charge >= 0.3 is 0 Å². The average molecular weight is 196 g/mol. The smallest absolute Gasteiger partial charge is 0.124 e. The summed E-state index contributed by atoms with van der Waals surface area (Å²) in [7, 11) is 0. The quantitative estimate of drug-likeness (QED) is 0.731. The predicted molar refractivity (Wildman–Crippen MR) is 53.6 cm³/mol. The molecule has 0 atom stereocenters. The van der Waals surface area contributed by atoms with Crippen molar-refractivity contribution < 1.29 is 0 Å². The largest absolute Gasteiger partial charge is 0.297 e. The van der Waals surface area contributed by atoms with Crippen molar-refractivity contribution in [3.8, 4) is 0 Å². The van der Waals surface area contributed by atoms with Crippen LogP contribution in [0.1, 0.15) is 0 Å². The van der Waals surface area contributed by atoms with Crippen LogP contribution in [0.15, 0.2) is 42.7 Å². The topological polar surface area (TPSA) is 18.5 Å². The first-order valence-corrected chi connectivity index (χ1v) is 4.37. The van der Waals surface area contributed by atoms with Gasteiger partial charge in [-0.2, -0.15) is 0 Å². The zero-order chi connectivity index (χ0) is 9.10. The minimum atomic E-state index is 0.649. The van der Waals surface area contributed by atoms with Crippen molar-refractivity contribution in [2.45, 2.75) is 0 Å². The number of hydrogen-bond donors (Lipinski definition) is 1. The molecule has 0 spiro atoms. The molecule has 1 aliphatic heterocycles. The van der Waals surface area contributed by atoms with E-state index in [1.165, 1.54) is 0 Å². The van der Waals surface area contributed by atoms with Crippen molar-refractivity contribution in [1.29, 1.82) is 0 Å². The Kier molecular flexibility index (Phi) is 2.27. The molecule has 0 bridgehead atoms. The third kappa shape index (κ3) is 2.06. The van der Waals surface area contributed by atoms with Gasteiger partial charge in [-0.15, -0.1) is 0 Å². The summed E-state index contributed by atoms with van der Waals surface area (Å²) in [4.78, 5) is 0. The lowest BCUT2D eigenvalue weighted by molar-refractivity contribution is 0.397. The highest BCUT2D eigenvalue weighted by atomic mass is 35.5. The molecule has 0 radical (unpaired) electrons. The van der Waals surface area contributed by atoms with E-state index in [2.05, 4.69) is 5.43 Å². The summed E-state index contributed by atoms with van der Waals surface area (Å²) >= 11 is 5.74. The van der Waals surface area contributed by atoms with Gasteiger partial charge in [-0.05, 0) is 12.1 Å². The van der Waals surface area contributed by atoms with E-state index in [0.717, 1.165) is 5.69 Å². The van der Waals surface area contributed by atoms with Crippen LogP contribution in [0.5, 0.6) is 0 Å². The molecule has 13 heavy (non-hydrogen) atoms. The third-order valence-electron chi connectivity index (χ3n) is 1.74. The van der Waals surface area contributed by atoms with Crippen LogP contribution < -0.4 is 5.43 Å². The Bertz CT molecular complexity index is 299. The summed E-state index contributed by atoms with van der Waals surface area (Å²) < 4.78 is 1.58. The SMILES string of the molecule is ClN1C=CN(Nc2ccccc2)C1. The zero-order valence-electron chi connectivity index (χ0n) is 7.02. The van der Waals surface area contributed by atoms with E-state index in [0.29, 0.717) is 6.67 Å². The van der Waals surface area contributed by atoms with Crippen molar-refractivity contribution in [3.63, 3.8) is 0 Å². The van der Waals surface area contributed by atoms with Crippen LogP contribution in [-0.4, -0.2) is 16.1 Å². The van der Waals surface area contributed by atoms with Gasteiger partial charge in [-0.1, -0.05) is 18.2 Å². The van der Waals surface area contributed by atoms with Crippen molar-refractivity contribution in [3.05, 3.63) is 42.7 Å². The van der Waals surface area contributed by atoms with Crippen LogP contribution in [0.4, 0.5) is 5.69 Å². The Labute approximate surface area is 82.3 Å². The minimum Gasteiger partial charge on any atom is -0.297 e. The first-order valence-electron chi connectivity index (χ1n) is 4.04. The molecular formula is C9H10ClN3. The van der Waals surface area contributed by atoms with Crippen LogP contribution in [-0.2, 0) is 0 Å². The normalized spacial score (nSPS) is 15.2. The number of nitrogens with one attached hydrogen (secondary N) is 1. The fraction of sp³-hybridized carbons (Fsp3) is 0.111. The Hall–Kier alpha value is -1.35. The van der Waals surface area contributed by atoms with E-state index >= 15 is 0 Å². The Morgan fingerprint density at radius 2 is 1.92 bits per heavy atom. The van der Waals surface area contributed by atoms with Crippen molar-refractivity contribution in [1.82, 2.24) is 9.43 Å². The van der Waals surface area contributed by atoms with Crippen molar-refractivity contribution in [2.75, 3.05) is 12.1 Å². The fourth-order valence-electron chi connectivity index (χ4n) is 1.14. The van der Waals surface area contributed by atoms with E-state index in [1.54, 1.807) is 10.6 Å². The second kappa shape index (κ2) is 3.58. The standard InChI is InChI=1S/C9H10ClN3/c10-12-6-7-13(8-12)11-9-4-2-1-3-5-9/h1-7,11H,8H2. The monoisotopic (exact) mass is 195 g/mol. The first-order chi connectivity index (χ1) is 6.34. The molecular weight excluding hydrogens is 186 g/mol. The number of benzene rings is 1. The van der Waals surface area contributed by atoms with E-state index in [9.17, 15) is 0 Å². The number of anilines is 1. The van der Waals surface area contributed by atoms with Gasteiger partial charge in [0, 0.05) is 24.2 Å². The van der Waals surface area contributed by atoms with Crippen LogP contribution in [0.3, 0.4) is 0 Å². The lowest BCUT2D eigenvalue weighted by Crippen LogP contribution is -2.25. The lowest BCUT2D eigenvalue weighted by atomic mass is 10.3. The van der Waals surface area contributed by atoms with Gasteiger partial charge in [0.15, 0.2) is 0 Å². The second-order valence-corrected chi connectivity index (χ2v) is 3.22. The van der Waals surface area contributed by atoms with E-state index in [1.807, 2.05) is 41.5 Å². The number of hydrazine groups is 1. The first kappa shape index (κ1) is 8.26. The zero-order valence-corrected chi connectivity index (χ0v) is 7.78. The number of rotatable bonds is 2. The molecule has 2 rings (SSSR count). The molecule has 1 aliphatic rings. The molecule has 0 aromatic heterocycles. The Balaban J connectivity index is 1.96. The summed E-state index contributed by atoms with van der Waals surface area (Å²) in [5.74, 6) is 0. The predicted octanol–water partition coefficient (Wildman–Crippen LogP) is 2.21. The van der Waals surface area contributed by atoms with Crippen LogP contribution in [0.2, 0.25) is 0 Å². The lowest BCUT2D eigenvalue weighted by Gasteiger charge is -2.18. The maximum Gasteiger partial charge on any atom is 0.124 e. The molecule has 3 nitrogen and oxygen atoms in total. The number of hydrogen-bond acceptors (Lipinski definition) is 3. The summed E-state index contributed by atoms with van der Waals surface area (Å²) in [6.07, 6.45) is 3.69. The molecule has 0 unspecified atom stereocenters. The number of halogens is 1. The van der Waals surface area contributed by atoms with Gasteiger partial charge in [0.2, 0.25) is 0 Å². The Morgan fingerprint density at radius 3 is 2.54 bits per heavy atom. The highest BCUT2D eigenvalue weighted by molar-refractivity contribution is 6.14. The molecule has 0 aliphatic carbocycles. The van der Waals surface area contributed by atoms with Crippen LogP contribution >= 0.6 is 11.8 Å². The van der Waals surface area contributed by atoms with Crippen molar-refractivity contribution >= 4 is 17.5 Å². The minimum absolute atomic E-state index is 0.649. The molecule has 0 amide bonds. The fourth-order valence-corrected chi connectivity index (χ4v) is 1.31. The molecule has 0 saturated heterocycles. The summed E-state index contributed by atoms with van der Waals surface area (Å²) in [6.45, 7) is 0.649. The van der Waals surface area contributed by atoms with Crippen molar-refractivity contribution in [2.24, 2.45) is 0 Å². The van der Waals surface area contributed by atoms with Crippen LogP contribution in [0.25, 0.3) is 0 Å². The molecule has 68 valence electrons. The van der Waals surface area contributed by atoms with Crippen LogP contribution in [0, 0.1) is 0 Å². The summed E-state index contributed by atoms with van der Waals surface area (Å²) in [5.41, 5.74) is 4.25. The number of nitrogens with zero attached hydrogens (tertiary/aromatic N) is 2. The third-order valence-corrected chi connectivity index (χ3v) is 1.96. The molecule has 4 heteroatoms. The molecule has 1 aromatic carbocycles. The number of para-hydroxylation sites is 1. The van der Waals surface area contributed by atoms with Gasteiger partial charge < -0.3 is 0 Å². The molecule has 1 heterocycles. The van der Waals surface area contributed by atoms with Gasteiger partial charge in [0.05, 0.1) is 5.69 Å². The van der Waals surface area contributed by atoms with Gasteiger partial charge in [-0.3, -0.25) is 14.9 Å². The molecule has 0 fully saturated rings. The van der Waals surface area contributed by atoms with E-state index < -0.39 is 0 Å². The second-order valence-electron chi connectivity index (χ2n) is 2.79. The molecule has 1 N–H and O–H groups in total. The average Bonchev–Trinajstić information content (AvgIpc) is 2.53. The molecule has 1 aromatic rings. The maximum absolute atomic E-state index is 5.74. The molecule has 0 saturated carbocycles. The maximum atomic E-state index is 5.74.